The van der Waals surface area contributed by atoms with E-state index in [0.29, 0.717) is 11.6 Å². The summed E-state index contributed by atoms with van der Waals surface area (Å²) in [6.07, 6.45) is -0.836. The highest BCUT2D eigenvalue weighted by molar-refractivity contribution is 5.29. The van der Waals surface area contributed by atoms with E-state index in [2.05, 4.69) is 9.97 Å². The molecule has 18 heavy (non-hydrogen) atoms. The minimum absolute atomic E-state index is 0.166. The molecule has 0 saturated heterocycles. The van der Waals surface area contributed by atoms with Crippen LogP contribution in [0, 0.1) is 0 Å². The van der Waals surface area contributed by atoms with Gasteiger partial charge in [0.15, 0.2) is 0 Å². The van der Waals surface area contributed by atoms with Gasteiger partial charge in [-0.2, -0.15) is 9.97 Å². The third-order valence-corrected chi connectivity index (χ3v) is 2.49. The molecule has 0 amide bonds. The number of hydrogen-bond donors (Lipinski definition) is 1. The molecule has 0 aliphatic carbocycles. The van der Waals surface area contributed by atoms with Crippen molar-refractivity contribution < 1.29 is 14.6 Å². The van der Waals surface area contributed by atoms with E-state index in [1.54, 1.807) is 6.07 Å². The van der Waals surface area contributed by atoms with Gasteiger partial charge in [-0.1, -0.05) is 30.3 Å². The molecule has 1 heterocycles. The molecule has 1 atom stereocenters. The third kappa shape index (κ3) is 2.57. The number of benzene rings is 1. The lowest BCUT2D eigenvalue weighted by molar-refractivity contribution is 0.212. The average Bonchev–Trinajstić information content (AvgIpc) is 2.46. The molecular weight excluding hydrogens is 232 g/mol. The normalized spacial score (nSPS) is 11.9. The highest BCUT2D eigenvalue weighted by atomic mass is 16.5. The highest BCUT2D eigenvalue weighted by Gasteiger charge is 2.15. The molecule has 0 radical (unpaired) electrons. The Balaban J connectivity index is 2.38. The highest BCUT2D eigenvalue weighted by Crippen LogP contribution is 2.24. The summed E-state index contributed by atoms with van der Waals surface area (Å²) in [4.78, 5) is 8.09. The molecule has 0 bridgehead atoms. The predicted octanol–water partition coefficient (Wildman–Crippen LogP) is 1.58. The zero-order chi connectivity index (χ0) is 13.0. The van der Waals surface area contributed by atoms with Crippen LogP contribution < -0.4 is 9.47 Å². The maximum atomic E-state index is 10.2. The van der Waals surface area contributed by atoms with Crippen LogP contribution in [0.15, 0.2) is 36.4 Å². The van der Waals surface area contributed by atoms with Gasteiger partial charge in [-0.05, 0) is 5.56 Å². The lowest BCUT2D eigenvalue weighted by atomic mass is 10.1. The first kappa shape index (κ1) is 12.3. The molecule has 0 spiro atoms. The van der Waals surface area contributed by atoms with Gasteiger partial charge in [-0.15, -0.1) is 0 Å². The fourth-order valence-electron chi connectivity index (χ4n) is 1.56. The van der Waals surface area contributed by atoms with E-state index in [4.69, 9.17) is 9.47 Å². The number of aliphatic hydroxyl groups is 1. The zero-order valence-electron chi connectivity index (χ0n) is 10.2. The van der Waals surface area contributed by atoms with Crippen molar-refractivity contribution in [2.24, 2.45) is 0 Å². The third-order valence-electron chi connectivity index (χ3n) is 2.49. The minimum Gasteiger partial charge on any atom is -0.481 e. The molecule has 1 aromatic carbocycles. The molecule has 5 nitrogen and oxygen atoms in total. The van der Waals surface area contributed by atoms with Crippen LogP contribution in [0.2, 0.25) is 0 Å². The molecule has 94 valence electrons. The first-order chi connectivity index (χ1) is 8.74. The molecule has 0 fully saturated rings. The number of nitrogens with zero attached hydrogens (tertiary/aromatic N) is 2. The number of ether oxygens (including phenoxy) is 2. The van der Waals surface area contributed by atoms with E-state index in [9.17, 15) is 5.11 Å². The van der Waals surface area contributed by atoms with Crippen LogP contribution in [-0.4, -0.2) is 29.3 Å². The van der Waals surface area contributed by atoms with Gasteiger partial charge in [-0.3, -0.25) is 0 Å². The Kier molecular flexibility index (Phi) is 3.74. The summed E-state index contributed by atoms with van der Waals surface area (Å²) in [6, 6.07) is 11.0. The van der Waals surface area contributed by atoms with Gasteiger partial charge in [-0.25, -0.2) is 0 Å². The Morgan fingerprint density at radius 1 is 1.06 bits per heavy atom. The maximum Gasteiger partial charge on any atom is 0.319 e. The van der Waals surface area contributed by atoms with Crippen LogP contribution >= 0.6 is 0 Å². The molecule has 1 unspecified atom stereocenters. The average molecular weight is 246 g/mol. The summed E-state index contributed by atoms with van der Waals surface area (Å²) in [7, 11) is 2.97. The molecule has 0 aliphatic heterocycles. The molecule has 1 aromatic heterocycles. The Morgan fingerprint density at radius 3 is 2.39 bits per heavy atom. The van der Waals surface area contributed by atoms with E-state index in [0.717, 1.165) is 5.56 Å². The largest absolute Gasteiger partial charge is 0.481 e. The van der Waals surface area contributed by atoms with Crippen molar-refractivity contribution in [2.45, 2.75) is 6.10 Å². The predicted molar refractivity (Wildman–Crippen MR) is 65.6 cm³/mol. The number of hydrogen-bond acceptors (Lipinski definition) is 5. The smallest absolute Gasteiger partial charge is 0.319 e. The number of methoxy groups -OCH3 is 2. The molecular formula is C13H14N2O3. The van der Waals surface area contributed by atoms with Crippen LogP contribution in [0.4, 0.5) is 0 Å². The minimum atomic E-state index is -0.836. The summed E-state index contributed by atoms with van der Waals surface area (Å²) in [5, 5.41) is 10.2. The van der Waals surface area contributed by atoms with Gasteiger partial charge >= 0.3 is 6.01 Å². The van der Waals surface area contributed by atoms with E-state index < -0.39 is 6.10 Å². The molecule has 0 aliphatic rings. The summed E-state index contributed by atoms with van der Waals surface area (Å²) in [6.45, 7) is 0. The Morgan fingerprint density at radius 2 is 1.78 bits per heavy atom. The lowest BCUT2D eigenvalue weighted by Crippen LogP contribution is -2.05. The van der Waals surface area contributed by atoms with Crippen molar-refractivity contribution in [2.75, 3.05) is 14.2 Å². The standard InChI is InChI=1S/C13H14N2O3/c1-17-11-8-10(14-13(15-11)18-2)12(16)9-6-4-3-5-7-9/h3-8,12,16H,1-2H3. The lowest BCUT2D eigenvalue weighted by Gasteiger charge is -2.12. The maximum absolute atomic E-state index is 10.2. The second kappa shape index (κ2) is 5.46. The van der Waals surface area contributed by atoms with Gasteiger partial charge < -0.3 is 14.6 Å². The van der Waals surface area contributed by atoms with Crippen LogP contribution in [0.1, 0.15) is 17.4 Å². The summed E-state index contributed by atoms with van der Waals surface area (Å²) >= 11 is 0. The summed E-state index contributed by atoms with van der Waals surface area (Å²) < 4.78 is 10.0. The van der Waals surface area contributed by atoms with Gasteiger partial charge in [0.2, 0.25) is 5.88 Å². The molecule has 5 heteroatoms. The van der Waals surface area contributed by atoms with Gasteiger partial charge in [0.05, 0.1) is 19.9 Å². The zero-order valence-corrected chi connectivity index (χ0v) is 10.2. The first-order valence-corrected chi connectivity index (χ1v) is 5.44. The number of rotatable bonds is 4. The van der Waals surface area contributed by atoms with Crippen molar-refractivity contribution in [1.29, 1.82) is 0 Å². The SMILES string of the molecule is COc1cc(C(O)c2ccccc2)nc(OC)n1. The first-order valence-electron chi connectivity index (χ1n) is 5.44. The number of aromatic nitrogens is 2. The number of aliphatic hydroxyl groups excluding tert-OH is 1. The molecule has 0 saturated carbocycles. The van der Waals surface area contributed by atoms with Crippen LogP contribution in [-0.2, 0) is 0 Å². The Hall–Kier alpha value is -2.14. The molecule has 2 aromatic rings. The van der Waals surface area contributed by atoms with Gasteiger partial charge in [0.25, 0.3) is 0 Å². The van der Waals surface area contributed by atoms with Crippen LogP contribution in [0.3, 0.4) is 0 Å². The van der Waals surface area contributed by atoms with Crippen molar-refractivity contribution in [3.05, 3.63) is 47.7 Å². The van der Waals surface area contributed by atoms with Crippen LogP contribution in [0.5, 0.6) is 11.9 Å². The van der Waals surface area contributed by atoms with E-state index in [-0.39, 0.29) is 6.01 Å². The summed E-state index contributed by atoms with van der Waals surface area (Å²) in [5.41, 5.74) is 1.19. The second-order valence-corrected chi connectivity index (χ2v) is 3.64. The fraction of sp³-hybridized carbons (Fsp3) is 0.231. The van der Waals surface area contributed by atoms with Gasteiger partial charge in [0.1, 0.15) is 6.10 Å². The van der Waals surface area contributed by atoms with Crippen molar-refractivity contribution in [1.82, 2.24) is 9.97 Å². The van der Waals surface area contributed by atoms with Crippen molar-refractivity contribution in [3.63, 3.8) is 0 Å². The van der Waals surface area contributed by atoms with E-state index >= 15 is 0 Å². The van der Waals surface area contributed by atoms with Crippen LogP contribution in [0.25, 0.3) is 0 Å². The van der Waals surface area contributed by atoms with Crippen molar-refractivity contribution >= 4 is 0 Å². The van der Waals surface area contributed by atoms with Crippen molar-refractivity contribution in [3.8, 4) is 11.9 Å². The second-order valence-electron chi connectivity index (χ2n) is 3.64. The monoisotopic (exact) mass is 246 g/mol. The fourth-order valence-corrected chi connectivity index (χ4v) is 1.56. The topological polar surface area (TPSA) is 64.5 Å². The Bertz CT molecular complexity index is 495. The van der Waals surface area contributed by atoms with E-state index in [1.807, 2.05) is 30.3 Å². The van der Waals surface area contributed by atoms with E-state index in [1.165, 1.54) is 14.2 Å². The summed E-state index contributed by atoms with van der Waals surface area (Å²) in [5.74, 6) is 0.354. The van der Waals surface area contributed by atoms with Gasteiger partial charge in [0, 0.05) is 6.07 Å². The quantitative estimate of drug-likeness (QED) is 0.887. The molecule has 1 N–H and O–H groups in total. The Labute approximate surface area is 105 Å². The molecule has 2 rings (SSSR count).